The molecule has 6 nitrogen and oxygen atoms in total. The lowest BCUT2D eigenvalue weighted by molar-refractivity contribution is -0.147. The van der Waals surface area contributed by atoms with E-state index in [0.717, 1.165) is 51.4 Å². The molecule has 0 saturated carbocycles. The Kier molecular flexibility index (Phi) is 17.1. The number of aliphatic hydroxyl groups excluding tert-OH is 2. The molecule has 22 heavy (non-hydrogen) atoms. The molecule has 4 N–H and O–H groups in total. The monoisotopic (exact) mass is 320 g/mol. The lowest BCUT2D eigenvalue weighted by Gasteiger charge is -2.03. The standard InChI is InChI=1S/2C8H16O3/c2*1-2-3-4-5-6-7(9)8(10)11/h2*7,9H,2-6H2,1H3,(H,10,11). The third-order valence-corrected chi connectivity index (χ3v) is 3.23. The molecular weight excluding hydrogens is 288 g/mol. The number of hydrogen-bond acceptors (Lipinski definition) is 4. The van der Waals surface area contributed by atoms with E-state index in [2.05, 4.69) is 13.8 Å². The summed E-state index contributed by atoms with van der Waals surface area (Å²) >= 11 is 0. The number of carbonyl (C=O) groups is 2. The summed E-state index contributed by atoms with van der Waals surface area (Å²) < 4.78 is 0. The van der Waals surface area contributed by atoms with Crippen LogP contribution < -0.4 is 0 Å². The SMILES string of the molecule is CCCCCCC(O)C(=O)O.CCCCCCC(O)C(=O)O. The molecule has 0 amide bonds. The van der Waals surface area contributed by atoms with Gasteiger partial charge in [0.25, 0.3) is 0 Å². The van der Waals surface area contributed by atoms with Gasteiger partial charge in [-0.3, -0.25) is 0 Å². The van der Waals surface area contributed by atoms with E-state index >= 15 is 0 Å². The average Bonchev–Trinajstić information content (AvgIpc) is 2.48. The summed E-state index contributed by atoms with van der Waals surface area (Å²) in [4.78, 5) is 20.2. The highest BCUT2D eigenvalue weighted by Gasteiger charge is 2.11. The Bertz CT molecular complexity index is 252. The highest BCUT2D eigenvalue weighted by atomic mass is 16.4. The molecule has 0 saturated heterocycles. The van der Waals surface area contributed by atoms with Crippen molar-refractivity contribution in [2.75, 3.05) is 0 Å². The van der Waals surface area contributed by atoms with E-state index in [-0.39, 0.29) is 0 Å². The number of rotatable bonds is 12. The van der Waals surface area contributed by atoms with E-state index in [0.29, 0.717) is 12.8 Å². The Morgan fingerprint density at radius 3 is 1.23 bits per heavy atom. The minimum absolute atomic E-state index is 0.384. The van der Waals surface area contributed by atoms with Crippen molar-refractivity contribution in [3.63, 3.8) is 0 Å². The highest BCUT2D eigenvalue weighted by molar-refractivity contribution is 5.72. The van der Waals surface area contributed by atoms with Crippen LogP contribution in [-0.4, -0.2) is 44.6 Å². The summed E-state index contributed by atoms with van der Waals surface area (Å²) in [5, 5.41) is 34.2. The van der Waals surface area contributed by atoms with Crippen LogP contribution in [0.4, 0.5) is 0 Å². The molecule has 0 rings (SSSR count). The first kappa shape index (κ1) is 23.1. The molecule has 2 unspecified atom stereocenters. The van der Waals surface area contributed by atoms with Crippen LogP contribution in [0.5, 0.6) is 0 Å². The summed E-state index contributed by atoms with van der Waals surface area (Å²) in [6, 6.07) is 0. The van der Waals surface area contributed by atoms with Crippen molar-refractivity contribution < 1.29 is 30.0 Å². The van der Waals surface area contributed by atoms with Crippen LogP contribution in [0.1, 0.15) is 78.1 Å². The van der Waals surface area contributed by atoms with Crippen molar-refractivity contribution in [3.8, 4) is 0 Å². The molecule has 2 atom stereocenters. The Hall–Kier alpha value is -1.14. The van der Waals surface area contributed by atoms with Gasteiger partial charge in [0.1, 0.15) is 0 Å². The number of carboxylic acid groups (broad SMARTS) is 2. The highest BCUT2D eigenvalue weighted by Crippen LogP contribution is 2.05. The molecule has 0 spiro atoms. The molecular formula is C16H32O6. The van der Waals surface area contributed by atoms with E-state index in [9.17, 15) is 9.59 Å². The van der Waals surface area contributed by atoms with Gasteiger partial charge in [0.2, 0.25) is 0 Å². The fourth-order valence-electron chi connectivity index (χ4n) is 1.78. The molecule has 0 bridgehead atoms. The van der Waals surface area contributed by atoms with Crippen molar-refractivity contribution in [1.82, 2.24) is 0 Å². The first-order valence-corrected chi connectivity index (χ1v) is 8.18. The smallest absolute Gasteiger partial charge is 0.332 e. The predicted molar refractivity (Wildman–Crippen MR) is 84.8 cm³/mol. The fourth-order valence-corrected chi connectivity index (χ4v) is 1.78. The average molecular weight is 320 g/mol. The summed E-state index contributed by atoms with van der Waals surface area (Å²) in [7, 11) is 0. The first-order chi connectivity index (χ1) is 10.4. The molecule has 0 aromatic heterocycles. The molecule has 132 valence electrons. The quantitative estimate of drug-likeness (QED) is 0.411. The zero-order chi connectivity index (χ0) is 17.4. The molecule has 0 heterocycles. The molecule has 6 heteroatoms. The molecule has 0 fully saturated rings. The van der Waals surface area contributed by atoms with Crippen molar-refractivity contribution in [2.24, 2.45) is 0 Å². The largest absolute Gasteiger partial charge is 0.479 e. The number of aliphatic hydroxyl groups is 2. The zero-order valence-electron chi connectivity index (χ0n) is 13.8. The number of unbranched alkanes of at least 4 members (excludes halogenated alkanes) is 6. The maximum atomic E-state index is 10.1. The van der Waals surface area contributed by atoms with Gasteiger partial charge < -0.3 is 20.4 Å². The van der Waals surface area contributed by atoms with Gasteiger partial charge >= 0.3 is 11.9 Å². The second kappa shape index (κ2) is 16.2. The van der Waals surface area contributed by atoms with Crippen molar-refractivity contribution >= 4 is 11.9 Å². The Morgan fingerprint density at radius 1 is 0.682 bits per heavy atom. The molecule has 0 aromatic carbocycles. The maximum Gasteiger partial charge on any atom is 0.332 e. The van der Waals surface area contributed by atoms with Crippen molar-refractivity contribution in [3.05, 3.63) is 0 Å². The second-order valence-electron chi connectivity index (χ2n) is 5.41. The minimum atomic E-state index is -1.16. The lowest BCUT2D eigenvalue weighted by atomic mass is 10.1. The van der Waals surface area contributed by atoms with E-state index < -0.39 is 24.1 Å². The fraction of sp³-hybridized carbons (Fsp3) is 0.875. The predicted octanol–water partition coefficient (Wildman–Crippen LogP) is 2.80. The van der Waals surface area contributed by atoms with Crippen LogP contribution in [0.15, 0.2) is 0 Å². The van der Waals surface area contributed by atoms with E-state index in [4.69, 9.17) is 20.4 Å². The van der Waals surface area contributed by atoms with Crippen LogP contribution in [0, 0.1) is 0 Å². The van der Waals surface area contributed by atoms with Gasteiger partial charge in [-0.2, -0.15) is 0 Å². The van der Waals surface area contributed by atoms with Gasteiger partial charge in [-0.25, -0.2) is 9.59 Å². The topological polar surface area (TPSA) is 115 Å². The van der Waals surface area contributed by atoms with Crippen molar-refractivity contribution in [2.45, 2.75) is 90.3 Å². The van der Waals surface area contributed by atoms with Gasteiger partial charge in [0.05, 0.1) is 0 Å². The zero-order valence-corrected chi connectivity index (χ0v) is 13.8. The molecule has 0 aliphatic carbocycles. The Labute approximate surface area is 133 Å². The first-order valence-electron chi connectivity index (χ1n) is 8.18. The number of aliphatic carboxylic acids is 2. The number of hydrogen-bond donors (Lipinski definition) is 4. The third-order valence-electron chi connectivity index (χ3n) is 3.23. The Morgan fingerprint density at radius 2 is 1.00 bits per heavy atom. The molecule has 0 radical (unpaired) electrons. The Balaban J connectivity index is 0. The lowest BCUT2D eigenvalue weighted by Crippen LogP contribution is -2.18. The minimum Gasteiger partial charge on any atom is -0.479 e. The molecule has 0 aliphatic rings. The van der Waals surface area contributed by atoms with Crippen molar-refractivity contribution in [1.29, 1.82) is 0 Å². The van der Waals surface area contributed by atoms with Crippen LogP contribution in [-0.2, 0) is 9.59 Å². The third kappa shape index (κ3) is 16.9. The van der Waals surface area contributed by atoms with Crippen LogP contribution >= 0.6 is 0 Å². The molecule has 0 aliphatic heterocycles. The summed E-state index contributed by atoms with van der Waals surface area (Å²) in [5.74, 6) is -2.22. The van der Waals surface area contributed by atoms with Gasteiger partial charge in [-0.1, -0.05) is 65.2 Å². The van der Waals surface area contributed by atoms with E-state index in [1.54, 1.807) is 0 Å². The van der Waals surface area contributed by atoms with E-state index in [1.807, 2.05) is 0 Å². The normalized spacial score (nSPS) is 12.9. The molecule has 0 aromatic rings. The summed E-state index contributed by atoms with van der Waals surface area (Å²) in [6.45, 7) is 4.18. The summed E-state index contributed by atoms with van der Waals surface area (Å²) in [5.41, 5.74) is 0. The number of carboxylic acids is 2. The van der Waals surface area contributed by atoms with Crippen LogP contribution in [0.3, 0.4) is 0 Å². The maximum absolute atomic E-state index is 10.1. The van der Waals surface area contributed by atoms with Gasteiger partial charge in [0.15, 0.2) is 12.2 Å². The summed E-state index contributed by atoms with van der Waals surface area (Å²) in [6.07, 6.45) is 6.58. The van der Waals surface area contributed by atoms with Crippen LogP contribution in [0.25, 0.3) is 0 Å². The van der Waals surface area contributed by atoms with Gasteiger partial charge in [0, 0.05) is 0 Å². The second-order valence-corrected chi connectivity index (χ2v) is 5.41. The van der Waals surface area contributed by atoms with E-state index in [1.165, 1.54) is 0 Å². The van der Waals surface area contributed by atoms with Gasteiger partial charge in [-0.05, 0) is 12.8 Å². The van der Waals surface area contributed by atoms with Crippen LogP contribution in [0.2, 0.25) is 0 Å². The van der Waals surface area contributed by atoms with Gasteiger partial charge in [-0.15, -0.1) is 0 Å².